The van der Waals surface area contributed by atoms with Crippen molar-refractivity contribution in [3.05, 3.63) is 41.9 Å². The highest BCUT2D eigenvalue weighted by atomic mass is 19.1. The van der Waals surface area contributed by atoms with Crippen LogP contribution in [0.1, 0.15) is 19.3 Å². The van der Waals surface area contributed by atoms with Crippen LogP contribution in [-0.2, 0) is 4.79 Å². The average Bonchev–Trinajstić information content (AvgIpc) is 2.67. The summed E-state index contributed by atoms with van der Waals surface area (Å²) in [5.41, 5.74) is 0.803. The third-order valence-corrected chi connectivity index (χ3v) is 4.81. The fourth-order valence-electron chi connectivity index (χ4n) is 3.38. The molecule has 2 fully saturated rings. The van der Waals surface area contributed by atoms with Gasteiger partial charge in [-0.15, -0.1) is 0 Å². The van der Waals surface area contributed by atoms with Crippen LogP contribution in [0.25, 0.3) is 0 Å². The lowest BCUT2D eigenvalue weighted by molar-refractivity contribution is -0.127. The number of amides is 1. The van der Waals surface area contributed by atoms with Gasteiger partial charge in [-0.3, -0.25) is 4.79 Å². The normalized spacial score (nSPS) is 18.9. The van der Waals surface area contributed by atoms with Gasteiger partial charge < -0.3 is 14.7 Å². The Hall–Kier alpha value is -2.55. The molecule has 2 aliphatic rings. The molecule has 132 valence electrons. The van der Waals surface area contributed by atoms with Crippen molar-refractivity contribution in [1.82, 2.24) is 9.80 Å². The lowest BCUT2D eigenvalue weighted by Gasteiger charge is -2.36. The Morgan fingerprint density at radius 2 is 1.72 bits per heavy atom. The standard InChI is InChI=1S/C19H23FN4O/c20-17-6-2-3-7-18(17)23-12-10-22(11-13-23)15-16(14-21)19(25)24-8-4-1-5-9-24/h2-3,6-7,15H,1,4-5,8-13H2/b16-15-. The molecule has 0 aliphatic carbocycles. The highest BCUT2D eigenvalue weighted by Gasteiger charge is 2.23. The number of rotatable bonds is 3. The third-order valence-electron chi connectivity index (χ3n) is 4.81. The third kappa shape index (κ3) is 4.11. The van der Waals surface area contributed by atoms with Crippen molar-refractivity contribution in [1.29, 1.82) is 5.26 Å². The molecular formula is C19H23FN4O. The maximum absolute atomic E-state index is 13.9. The number of nitrogens with zero attached hydrogens (tertiary/aromatic N) is 4. The van der Waals surface area contributed by atoms with Gasteiger partial charge in [-0.05, 0) is 31.4 Å². The number of halogens is 1. The second-order valence-electron chi connectivity index (χ2n) is 6.48. The molecule has 0 bridgehead atoms. The van der Waals surface area contributed by atoms with Crippen LogP contribution in [0.2, 0.25) is 0 Å². The number of anilines is 1. The molecule has 0 atom stereocenters. The molecule has 0 saturated carbocycles. The highest BCUT2D eigenvalue weighted by molar-refractivity contribution is 5.97. The summed E-state index contributed by atoms with van der Waals surface area (Å²) < 4.78 is 13.9. The predicted molar refractivity (Wildman–Crippen MR) is 94.3 cm³/mol. The number of carbonyl (C=O) groups is 1. The Labute approximate surface area is 147 Å². The molecule has 25 heavy (non-hydrogen) atoms. The van der Waals surface area contributed by atoms with Gasteiger partial charge in [0.2, 0.25) is 0 Å². The number of hydrogen-bond acceptors (Lipinski definition) is 4. The average molecular weight is 342 g/mol. The fourth-order valence-corrected chi connectivity index (χ4v) is 3.38. The van der Waals surface area contributed by atoms with Crippen molar-refractivity contribution in [2.24, 2.45) is 0 Å². The molecule has 0 aromatic heterocycles. The van der Waals surface area contributed by atoms with E-state index >= 15 is 0 Å². The quantitative estimate of drug-likeness (QED) is 0.625. The zero-order valence-electron chi connectivity index (χ0n) is 14.3. The first-order valence-electron chi connectivity index (χ1n) is 8.84. The lowest BCUT2D eigenvalue weighted by atomic mass is 10.1. The number of hydrogen-bond donors (Lipinski definition) is 0. The van der Waals surface area contributed by atoms with E-state index in [1.54, 1.807) is 23.2 Å². The molecule has 2 heterocycles. The minimum atomic E-state index is -0.218. The first-order chi connectivity index (χ1) is 12.2. The van der Waals surface area contributed by atoms with E-state index in [0.29, 0.717) is 31.9 Å². The van der Waals surface area contributed by atoms with Gasteiger partial charge in [-0.1, -0.05) is 12.1 Å². The van der Waals surface area contributed by atoms with Crippen LogP contribution in [0.5, 0.6) is 0 Å². The number of piperidine rings is 1. The van der Waals surface area contributed by atoms with Crippen molar-refractivity contribution in [2.45, 2.75) is 19.3 Å². The Kier molecular flexibility index (Phi) is 5.54. The van der Waals surface area contributed by atoms with E-state index in [0.717, 1.165) is 32.4 Å². The second kappa shape index (κ2) is 8.02. The number of benzene rings is 1. The van der Waals surface area contributed by atoms with Gasteiger partial charge in [0.05, 0.1) is 5.69 Å². The predicted octanol–water partition coefficient (Wildman–Crippen LogP) is 2.37. The molecule has 2 aliphatic heterocycles. The van der Waals surface area contributed by atoms with Crippen molar-refractivity contribution >= 4 is 11.6 Å². The fraction of sp³-hybridized carbons (Fsp3) is 0.474. The summed E-state index contributed by atoms with van der Waals surface area (Å²) in [6.07, 6.45) is 4.83. The van der Waals surface area contributed by atoms with Gasteiger partial charge in [-0.2, -0.15) is 5.26 Å². The van der Waals surface area contributed by atoms with E-state index < -0.39 is 0 Å². The van der Waals surface area contributed by atoms with E-state index in [9.17, 15) is 14.4 Å². The second-order valence-corrected chi connectivity index (χ2v) is 6.48. The number of carbonyl (C=O) groups excluding carboxylic acids is 1. The maximum atomic E-state index is 13.9. The van der Waals surface area contributed by atoms with Crippen LogP contribution in [0.3, 0.4) is 0 Å². The largest absolute Gasteiger partial charge is 0.373 e. The summed E-state index contributed by atoms with van der Waals surface area (Å²) in [7, 11) is 0. The highest BCUT2D eigenvalue weighted by Crippen LogP contribution is 2.20. The van der Waals surface area contributed by atoms with Crippen LogP contribution in [0.15, 0.2) is 36.0 Å². The summed E-state index contributed by atoms with van der Waals surface area (Å²) in [4.78, 5) is 18.2. The van der Waals surface area contributed by atoms with Crippen LogP contribution in [0.4, 0.5) is 10.1 Å². The first-order valence-corrected chi connectivity index (χ1v) is 8.84. The molecule has 0 N–H and O–H groups in total. The van der Waals surface area contributed by atoms with Gasteiger partial charge >= 0.3 is 0 Å². The Morgan fingerprint density at radius 3 is 2.36 bits per heavy atom. The van der Waals surface area contributed by atoms with Crippen LogP contribution < -0.4 is 4.90 Å². The molecule has 2 saturated heterocycles. The van der Waals surface area contributed by atoms with E-state index in [1.807, 2.05) is 15.9 Å². The molecule has 5 nitrogen and oxygen atoms in total. The first kappa shape index (κ1) is 17.3. The van der Waals surface area contributed by atoms with Gasteiger partial charge in [0, 0.05) is 45.5 Å². The van der Waals surface area contributed by atoms with Gasteiger partial charge in [0.1, 0.15) is 17.5 Å². The number of piperazine rings is 1. The summed E-state index contributed by atoms with van der Waals surface area (Å²) in [6, 6.07) is 8.81. The molecule has 1 aromatic rings. The monoisotopic (exact) mass is 342 g/mol. The van der Waals surface area contributed by atoms with Crippen molar-refractivity contribution in [2.75, 3.05) is 44.2 Å². The van der Waals surface area contributed by atoms with Crippen LogP contribution >= 0.6 is 0 Å². The number of likely N-dealkylation sites (tertiary alicyclic amines) is 1. The maximum Gasteiger partial charge on any atom is 0.266 e. The van der Waals surface area contributed by atoms with E-state index in [2.05, 4.69) is 6.07 Å². The minimum absolute atomic E-state index is 0.168. The molecule has 3 rings (SSSR count). The SMILES string of the molecule is N#C/C(=C/N1CCN(c2ccccc2F)CC1)C(=O)N1CCCCC1. The molecule has 0 spiro atoms. The summed E-state index contributed by atoms with van der Waals surface area (Å²) in [5, 5.41) is 9.37. The van der Waals surface area contributed by atoms with Gasteiger partial charge in [0.15, 0.2) is 0 Å². The Morgan fingerprint density at radius 1 is 1.04 bits per heavy atom. The molecule has 0 unspecified atom stereocenters. The Bertz CT molecular complexity index is 683. The van der Waals surface area contributed by atoms with Crippen molar-refractivity contribution in [3.63, 3.8) is 0 Å². The Balaban J connectivity index is 1.61. The molecule has 6 heteroatoms. The number of para-hydroxylation sites is 1. The number of nitriles is 1. The molecule has 1 aromatic carbocycles. The van der Waals surface area contributed by atoms with E-state index in [4.69, 9.17) is 0 Å². The zero-order chi connectivity index (χ0) is 17.6. The van der Waals surface area contributed by atoms with Crippen molar-refractivity contribution in [3.8, 4) is 6.07 Å². The summed E-state index contributed by atoms with van der Waals surface area (Å²) in [6.45, 7) is 4.11. The van der Waals surface area contributed by atoms with Crippen LogP contribution in [-0.4, -0.2) is 55.0 Å². The van der Waals surface area contributed by atoms with Crippen LogP contribution in [0, 0.1) is 17.1 Å². The smallest absolute Gasteiger partial charge is 0.266 e. The summed E-state index contributed by atoms with van der Waals surface area (Å²) in [5.74, 6) is -0.386. The molecular weight excluding hydrogens is 319 g/mol. The molecule has 1 amide bonds. The van der Waals surface area contributed by atoms with Gasteiger partial charge in [-0.25, -0.2) is 4.39 Å². The van der Waals surface area contributed by atoms with Crippen molar-refractivity contribution < 1.29 is 9.18 Å². The molecule has 0 radical (unpaired) electrons. The zero-order valence-corrected chi connectivity index (χ0v) is 14.3. The van der Waals surface area contributed by atoms with Gasteiger partial charge in [0.25, 0.3) is 5.91 Å². The summed E-state index contributed by atoms with van der Waals surface area (Å²) >= 11 is 0. The lowest BCUT2D eigenvalue weighted by Crippen LogP contribution is -2.45. The topological polar surface area (TPSA) is 50.6 Å². The van der Waals surface area contributed by atoms with E-state index in [1.165, 1.54) is 6.07 Å². The minimum Gasteiger partial charge on any atom is -0.373 e. The van der Waals surface area contributed by atoms with E-state index in [-0.39, 0.29) is 17.3 Å².